The van der Waals surface area contributed by atoms with Crippen LogP contribution >= 0.6 is 0 Å². The number of piperidine rings is 1. The number of aromatic nitrogens is 3. The lowest BCUT2D eigenvalue weighted by Crippen LogP contribution is -2.35. The van der Waals surface area contributed by atoms with E-state index < -0.39 is 0 Å². The van der Waals surface area contributed by atoms with Crippen molar-refractivity contribution in [1.82, 2.24) is 19.2 Å². The summed E-state index contributed by atoms with van der Waals surface area (Å²) in [5, 5.41) is 4.84. The van der Waals surface area contributed by atoms with Crippen molar-refractivity contribution < 1.29 is 0 Å². The third-order valence-electron chi connectivity index (χ3n) is 5.90. The Hall–Kier alpha value is -2.66. The van der Waals surface area contributed by atoms with Gasteiger partial charge in [0.05, 0.1) is 5.69 Å². The number of nitrogens with zero attached hydrogens (tertiary/aromatic N) is 4. The molecule has 29 heavy (non-hydrogen) atoms. The smallest absolute Gasteiger partial charge is 0.302 e. The summed E-state index contributed by atoms with van der Waals surface area (Å²) >= 11 is 0. The molecule has 1 aromatic heterocycles. The average molecular weight is 391 g/mol. The summed E-state index contributed by atoms with van der Waals surface area (Å²) in [4.78, 5) is 15.8. The van der Waals surface area contributed by atoms with E-state index in [9.17, 15) is 4.79 Å². The average Bonchev–Trinajstić information content (AvgIpc) is 3.11. The van der Waals surface area contributed by atoms with Crippen molar-refractivity contribution in [3.05, 3.63) is 82.5 Å². The minimum atomic E-state index is -0.0439. The van der Waals surface area contributed by atoms with Crippen molar-refractivity contribution in [2.24, 2.45) is 0 Å². The molecule has 1 fully saturated rings. The van der Waals surface area contributed by atoms with Crippen LogP contribution in [0.1, 0.15) is 49.9 Å². The number of para-hydroxylation sites is 1. The number of hydrogen-bond donors (Lipinski definition) is 0. The fourth-order valence-electron chi connectivity index (χ4n) is 4.29. The van der Waals surface area contributed by atoms with Gasteiger partial charge in [0.1, 0.15) is 5.82 Å². The zero-order chi connectivity index (χ0) is 20.1. The van der Waals surface area contributed by atoms with Crippen molar-refractivity contribution in [3.63, 3.8) is 0 Å². The zero-order valence-electron chi connectivity index (χ0n) is 17.2. The molecule has 4 rings (SSSR count). The van der Waals surface area contributed by atoms with Crippen molar-refractivity contribution in [3.8, 4) is 5.69 Å². The van der Waals surface area contributed by atoms with Crippen molar-refractivity contribution in [2.45, 2.75) is 45.1 Å². The van der Waals surface area contributed by atoms with E-state index >= 15 is 0 Å². The van der Waals surface area contributed by atoms with E-state index in [1.54, 1.807) is 4.68 Å². The molecule has 1 atom stereocenters. The maximum atomic E-state index is 13.4. The molecule has 1 aliphatic rings. The Labute approximate surface area is 172 Å². The van der Waals surface area contributed by atoms with Gasteiger partial charge in [0, 0.05) is 19.0 Å². The van der Waals surface area contributed by atoms with E-state index in [0.29, 0.717) is 6.54 Å². The molecule has 0 radical (unpaired) electrons. The molecule has 0 saturated carbocycles. The van der Waals surface area contributed by atoms with Crippen LogP contribution in [0.5, 0.6) is 0 Å². The van der Waals surface area contributed by atoms with Gasteiger partial charge in [0.25, 0.3) is 0 Å². The minimum Gasteiger partial charge on any atom is -0.302 e. The Balaban J connectivity index is 1.72. The second-order valence-corrected chi connectivity index (χ2v) is 7.81. The summed E-state index contributed by atoms with van der Waals surface area (Å²) in [6, 6.07) is 20.2. The topological polar surface area (TPSA) is 43.1 Å². The molecule has 5 nitrogen and oxygen atoms in total. The molecule has 1 saturated heterocycles. The van der Waals surface area contributed by atoms with Crippen LogP contribution < -0.4 is 5.69 Å². The summed E-state index contributed by atoms with van der Waals surface area (Å²) in [7, 11) is 0. The molecule has 2 aromatic carbocycles. The molecule has 1 unspecified atom stereocenters. The van der Waals surface area contributed by atoms with Crippen molar-refractivity contribution in [1.29, 1.82) is 0 Å². The van der Waals surface area contributed by atoms with Crippen LogP contribution in [0.4, 0.5) is 0 Å². The third kappa shape index (κ3) is 4.35. The van der Waals surface area contributed by atoms with E-state index in [0.717, 1.165) is 37.6 Å². The molecule has 0 N–H and O–H groups in total. The summed E-state index contributed by atoms with van der Waals surface area (Å²) in [5.41, 5.74) is 1.98. The third-order valence-corrected chi connectivity index (χ3v) is 5.90. The number of hydrogen-bond acceptors (Lipinski definition) is 3. The molecule has 0 spiro atoms. The van der Waals surface area contributed by atoms with Gasteiger partial charge in [0.2, 0.25) is 0 Å². The predicted octanol–water partition coefficient (Wildman–Crippen LogP) is 4.06. The first-order valence-corrected chi connectivity index (χ1v) is 10.8. The van der Waals surface area contributed by atoms with Crippen molar-refractivity contribution >= 4 is 0 Å². The van der Waals surface area contributed by atoms with E-state index in [2.05, 4.69) is 36.1 Å². The van der Waals surface area contributed by atoms with Crippen LogP contribution in [-0.4, -0.2) is 38.9 Å². The summed E-state index contributed by atoms with van der Waals surface area (Å²) in [5.74, 6) is 0.972. The van der Waals surface area contributed by atoms with E-state index in [1.807, 2.05) is 41.0 Å². The van der Waals surface area contributed by atoms with Crippen LogP contribution in [0.15, 0.2) is 65.5 Å². The van der Waals surface area contributed by atoms with Gasteiger partial charge in [0.15, 0.2) is 0 Å². The monoisotopic (exact) mass is 390 g/mol. The first-order valence-electron chi connectivity index (χ1n) is 10.8. The molecule has 0 aliphatic carbocycles. The summed E-state index contributed by atoms with van der Waals surface area (Å²) in [6.45, 7) is 6.02. The molecule has 152 valence electrons. The van der Waals surface area contributed by atoms with E-state index in [1.165, 1.54) is 24.8 Å². The van der Waals surface area contributed by atoms with E-state index in [-0.39, 0.29) is 11.6 Å². The summed E-state index contributed by atoms with van der Waals surface area (Å²) in [6.07, 6.45) is 4.73. The number of rotatable bonds is 7. The maximum Gasteiger partial charge on any atom is 0.350 e. The fourth-order valence-corrected chi connectivity index (χ4v) is 4.29. The van der Waals surface area contributed by atoms with Gasteiger partial charge in [-0.05, 0) is 50.0 Å². The Kier molecular flexibility index (Phi) is 6.25. The summed E-state index contributed by atoms with van der Waals surface area (Å²) < 4.78 is 3.47. The Morgan fingerprint density at radius 2 is 1.55 bits per heavy atom. The lowest BCUT2D eigenvalue weighted by atomic mass is 9.95. The molecule has 1 aliphatic heterocycles. The van der Waals surface area contributed by atoms with Gasteiger partial charge in [-0.2, -0.15) is 4.68 Å². The van der Waals surface area contributed by atoms with Crippen LogP contribution in [0.25, 0.3) is 5.69 Å². The molecule has 0 bridgehead atoms. The van der Waals surface area contributed by atoms with Gasteiger partial charge in [-0.1, -0.05) is 61.9 Å². The van der Waals surface area contributed by atoms with Crippen LogP contribution in [0.3, 0.4) is 0 Å². The first kappa shape index (κ1) is 19.6. The number of benzene rings is 2. The van der Waals surface area contributed by atoms with Crippen LogP contribution in [0, 0.1) is 0 Å². The largest absolute Gasteiger partial charge is 0.350 e. The van der Waals surface area contributed by atoms with Crippen molar-refractivity contribution in [2.75, 3.05) is 19.6 Å². The zero-order valence-corrected chi connectivity index (χ0v) is 17.2. The maximum absolute atomic E-state index is 13.4. The molecule has 3 aromatic rings. The second kappa shape index (κ2) is 9.23. The fraction of sp³-hybridized carbons (Fsp3) is 0.417. The highest BCUT2D eigenvalue weighted by Crippen LogP contribution is 2.26. The Morgan fingerprint density at radius 3 is 2.21 bits per heavy atom. The van der Waals surface area contributed by atoms with Gasteiger partial charge >= 0.3 is 5.69 Å². The minimum absolute atomic E-state index is 0.0439. The Morgan fingerprint density at radius 1 is 0.897 bits per heavy atom. The molecule has 0 amide bonds. The lowest BCUT2D eigenvalue weighted by Gasteiger charge is -2.26. The second-order valence-electron chi connectivity index (χ2n) is 7.81. The van der Waals surface area contributed by atoms with E-state index in [4.69, 9.17) is 5.10 Å². The molecular formula is C24H30N4O. The van der Waals surface area contributed by atoms with Gasteiger partial charge in [-0.3, -0.25) is 4.57 Å². The molecule has 5 heteroatoms. The standard InChI is InChI=1S/C24H30N4O/c1-2-22(20-12-6-3-7-13-20)23-25-28(21-14-8-4-9-15-21)24(29)27(23)19-18-26-16-10-5-11-17-26/h3-4,6-9,12-15,22H,2,5,10-11,16-19H2,1H3. The van der Waals surface area contributed by atoms with Crippen LogP contribution in [-0.2, 0) is 6.54 Å². The van der Waals surface area contributed by atoms with Gasteiger partial charge in [-0.25, -0.2) is 4.79 Å². The van der Waals surface area contributed by atoms with Crippen LogP contribution in [0.2, 0.25) is 0 Å². The quantitative estimate of drug-likeness (QED) is 0.611. The highest BCUT2D eigenvalue weighted by molar-refractivity contribution is 5.31. The van der Waals surface area contributed by atoms with Gasteiger partial charge < -0.3 is 4.90 Å². The molecule has 2 heterocycles. The van der Waals surface area contributed by atoms with Gasteiger partial charge in [-0.15, -0.1) is 5.10 Å². The Bertz CT molecular complexity index is 956. The highest BCUT2D eigenvalue weighted by atomic mass is 16.2. The number of likely N-dealkylation sites (tertiary alicyclic amines) is 1. The normalized spacial score (nSPS) is 16.0. The first-order chi connectivity index (χ1) is 14.3. The SMILES string of the molecule is CCC(c1ccccc1)c1nn(-c2ccccc2)c(=O)n1CCN1CCCCC1. The molecular weight excluding hydrogens is 360 g/mol. The highest BCUT2D eigenvalue weighted by Gasteiger charge is 2.23. The predicted molar refractivity (Wildman–Crippen MR) is 117 cm³/mol. The lowest BCUT2D eigenvalue weighted by molar-refractivity contribution is 0.219.